The summed E-state index contributed by atoms with van der Waals surface area (Å²) in [5.74, 6) is -0.788. The number of aryl methyl sites for hydroxylation is 1. The fourth-order valence-corrected chi connectivity index (χ4v) is 3.12. The van der Waals surface area contributed by atoms with Gasteiger partial charge in [-0.15, -0.1) is 10.2 Å². The largest absolute Gasteiger partial charge is 0.346 e. The molecule has 0 radical (unpaired) electrons. The molecule has 0 aliphatic carbocycles. The number of likely N-dealkylation sites (N-methyl/N-ethyl adjacent to an activating group) is 1. The predicted octanol–water partition coefficient (Wildman–Crippen LogP) is 0.416. The molecule has 26 heavy (non-hydrogen) atoms. The van der Waals surface area contributed by atoms with Crippen LogP contribution < -0.4 is 10.6 Å². The second kappa shape index (κ2) is 8.05. The minimum atomic E-state index is -0.670. The Hall–Kier alpha value is -2.81. The summed E-state index contributed by atoms with van der Waals surface area (Å²) >= 11 is 0. The quantitative estimate of drug-likeness (QED) is 0.751. The minimum absolute atomic E-state index is 0.315. The Morgan fingerprint density at radius 2 is 2.00 bits per heavy atom. The molecule has 2 heterocycles. The van der Waals surface area contributed by atoms with Gasteiger partial charge in [-0.05, 0) is 55.4 Å². The number of amides is 2. The maximum absolute atomic E-state index is 12.1. The van der Waals surface area contributed by atoms with Crippen molar-refractivity contribution in [2.75, 3.05) is 25.0 Å². The zero-order chi connectivity index (χ0) is 18.5. The van der Waals surface area contributed by atoms with E-state index in [4.69, 9.17) is 0 Å². The Bertz CT molecular complexity index is 772. The molecule has 1 fully saturated rings. The number of rotatable bonds is 5. The second-order valence-corrected chi connectivity index (χ2v) is 6.27. The van der Waals surface area contributed by atoms with Crippen molar-refractivity contribution >= 4 is 17.5 Å². The Morgan fingerprint density at radius 1 is 1.23 bits per heavy atom. The monoisotopic (exact) mass is 357 g/mol. The Kier molecular flexibility index (Phi) is 5.57. The van der Waals surface area contributed by atoms with Gasteiger partial charge in [-0.3, -0.25) is 14.5 Å². The summed E-state index contributed by atoms with van der Waals surface area (Å²) in [4.78, 5) is 27.8. The van der Waals surface area contributed by atoms with Gasteiger partial charge in [-0.25, -0.2) is 0 Å². The number of carbonyl (C=O) groups is 2. The summed E-state index contributed by atoms with van der Waals surface area (Å²) in [7, 11) is 1.69. The summed E-state index contributed by atoms with van der Waals surface area (Å²) in [5, 5.41) is 17.1. The van der Waals surface area contributed by atoms with Crippen LogP contribution in [0.5, 0.6) is 0 Å². The lowest BCUT2D eigenvalue weighted by Gasteiger charge is -2.22. The topological polar surface area (TPSA) is 105 Å². The highest BCUT2D eigenvalue weighted by molar-refractivity contribution is 6.39. The molecule has 1 aliphatic rings. The summed E-state index contributed by atoms with van der Waals surface area (Å²) in [6.45, 7) is 4.61. The van der Waals surface area contributed by atoms with Crippen molar-refractivity contribution in [3.05, 3.63) is 24.3 Å². The van der Waals surface area contributed by atoms with Gasteiger partial charge >= 0.3 is 11.8 Å². The number of likely N-dealkylation sites (tertiary alicyclic amines) is 1. The average molecular weight is 357 g/mol. The number of hydrogen-bond donors (Lipinski definition) is 2. The third-order valence-electron chi connectivity index (χ3n) is 4.52. The lowest BCUT2D eigenvalue weighted by Crippen LogP contribution is -2.43. The van der Waals surface area contributed by atoms with E-state index < -0.39 is 11.8 Å². The summed E-state index contributed by atoms with van der Waals surface area (Å²) in [6.07, 6.45) is 2.18. The lowest BCUT2D eigenvalue weighted by molar-refractivity contribution is -0.136. The zero-order valence-electron chi connectivity index (χ0n) is 15.0. The van der Waals surface area contributed by atoms with Crippen LogP contribution in [0, 0.1) is 0 Å². The molecule has 138 valence electrons. The van der Waals surface area contributed by atoms with E-state index in [-0.39, 0.29) is 0 Å². The van der Waals surface area contributed by atoms with Crippen LogP contribution in [-0.4, -0.2) is 62.6 Å². The van der Waals surface area contributed by atoms with Gasteiger partial charge in [0.1, 0.15) is 0 Å². The van der Waals surface area contributed by atoms with E-state index in [1.165, 1.54) is 4.80 Å². The lowest BCUT2D eigenvalue weighted by atomic mass is 10.2. The summed E-state index contributed by atoms with van der Waals surface area (Å²) in [6, 6.07) is 7.25. The van der Waals surface area contributed by atoms with Crippen LogP contribution in [0.2, 0.25) is 0 Å². The van der Waals surface area contributed by atoms with E-state index in [0.29, 0.717) is 24.1 Å². The first-order chi connectivity index (χ1) is 12.6. The number of aromatic nitrogens is 4. The first-order valence-corrected chi connectivity index (χ1v) is 8.74. The number of anilines is 1. The van der Waals surface area contributed by atoms with Gasteiger partial charge in [0.15, 0.2) is 0 Å². The molecule has 0 spiro atoms. The van der Waals surface area contributed by atoms with Gasteiger partial charge in [0, 0.05) is 23.8 Å². The molecular formula is C17H23N7O2. The van der Waals surface area contributed by atoms with E-state index in [0.717, 1.165) is 31.5 Å². The van der Waals surface area contributed by atoms with Gasteiger partial charge in [-0.2, -0.15) is 4.80 Å². The fraction of sp³-hybridized carbons (Fsp3) is 0.471. The molecule has 9 nitrogen and oxygen atoms in total. The number of nitrogens with zero attached hydrogens (tertiary/aromatic N) is 5. The van der Waals surface area contributed by atoms with Crippen molar-refractivity contribution in [2.45, 2.75) is 25.8 Å². The molecule has 0 saturated carbocycles. The van der Waals surface area contributed by atoms with Crippen molar-refractivity contribution in [2.24, 2.45) is 7.05 Å². The standard InChI is InChI=1S/C17H23N7O2/c1-3-24-10-4-5-14(24)11-18-16(25)17(26)19-13-8-6-12(7-9-13)15-20-22-23(2)21-15/h6-9,14H,3-5,10-11H2,1-2H3,(H,18,25)(H,19,26)/t14-/m1/s1. The predicted molar refractivity (Wildman–Crippen MR) is 96.1 cm³/mol. The van der Waals surface area contributed by atoms with E-state index in [9.17, 15) is 9.59 Å². The molecule has 2 aromatic rings. The molecule has 1 atom stereocenters. The molecular weight excluding hydrogens is 334 g/mol. The van der Waals surface area contributed by atoms with Crippen LogP contribution in [0.4, 0.5) is 5.69 Å². The number of benzene rings is 1. The first-order valence-electron chi connectivity index (χ1n) is 8.74. The molecule has 2 amide bonds. The fourth-order valence-electron chi connectivity index (χ4n) is 3.12. The van der Waals surface area contributed by atoms with E-state index >= 15 is 0 Å². The van der Waals surface area contributed by atoms with Gasteiger partial charge in [0.05, 0.1) is 7.05 Å². The Labute approximate surface area is 151 Å². The number of hydrogen-bond acceptors (Lipinski definition) is 6. The van der Waals surface area contributed by atoms with Gasteiger partial charge in [0.25, 0.3) is 0 Å². The Balaban J connectivity index is 1.51. The zero-order valence-corrected chi connectivity index (χ0v) is 15.0. The van der Waals surface area contributed by atoms with Crippen LogP contribution in [0.25, 0.3) is 11.4 Å². The normalized spacial score (nSPS) is 17.2. The van der Waals surface area contributed by atoms with E-state index in [2.05, 4.69) is 37.9 Å². The van der Waals surface area contributed by atoms with Crippen LogP contribution >= 0.6 is 0 Å². The second-order valence-electron chi connectivity index (χ2n) is 6.27. The first kappa shape index (κ1) is 18.0. The molecule has 1 saturated heterocycles. The van der Waals surface area contributed by atoms with Crippen molar-refractivity contribution in [3.63, 3.8) is 0 Å². The highest BCUT2D eigenvalue weighted by atomic mass is 16.2. The van der Waals surface area contributed by atoms with Crippen LogP contribution in [-0.2, 0) is 16.6 Å². The van der Waals surface area contributed by atoms with Crippen LogP contribution in [0.1, 0.15) is 19.8 Å². The molecule has 2 N–H and O–H groups in total. The third kappa shape index (κ3) is 4.23. The smallest absolute Gasteiger partial charge is 0.313 e. The van der Waals surface area contributed by atoms with Gasteiger partial charge in [0.2, 0.25) is 5.82 Å². The molecule has 1 aromatic heterocycles. The van der Waals surface area contributed by atoms with Gasteiger partial charge in [-0.1, -0.05) is 6.92 Å². The maximum Gasteiger partial charge on any atom is 0.313 e. The maximum atomic E-state index is 12.1. The van der Waals surface area contributed by atoms with Crippen molar-refractivity contribution in [3.8, 4) is 11.4 Å². The van der Waals surface area contributed by atoms with Crippen LogP contribution in [0.3, 0.4) is 0 Å². The SMILES string of the molecule is CCN1CCC[C@@H]1CNC(=O)C(=O)Nc1ccc(-c2nnn(C)n2)cc1. The van der Waals surface area contributed by atoms with E-state index in [1.807, 2.05) is 0 Å². The molecule has 9 heteroatoms. The molecule has 3 rings (SSSR count). The Morgan fingerprint density at radius 3 is 2.65 bits per heavy atom. The summed E-state index contributed by atoms with van der Waals surface area (Å²) < 4.78 is 0. The van der Waals surface area contributed by atoms with Crippen molar-refractivity contribution in [1.82, 2.24) is 30.4 Å². The highest BCUT2D eigenvalue weighted by Crippen LogP contribution is 2.17. The number of nitrogens with one attached hydrogen (secondary N) is 2. The van der Waals surface area contributed by atoms with Crippen LogP contribution in [0.15, 0.2) is 24.3 Å². The third-order valence-corrected chi connectivity index (χ3v) is 4.52. The van der Waals surface area contributed by atoms with Gasteiger partial charge < -0.3 is 10.6 Å². The number of tetrazole rings is 1. The van der Waals surface area contributed by atoms with Crippen molar-refractivity contribution < 1.29 is 9.59 Å². The molecule has 0 unspecified atom stereocenters. The summed E-state index contributed by atoms with van der Waals surface area (Å²) in [5.41, 5.74) is 1.32. The molecule has 1 aromatic carbocycles. The number of carbonyl (C=O) groups excluding carboxylic acids is 2. The molecule has 1 aliphatic heterocycles. The van der Waals surface area contributed by atoms with E-state index in [1.54, 1.807) is 31.3 Å². The molecule has 0 bridgehead atoms. The minimum Gasteiger partial charge on any atom is -0.346 e. The average Bonchev–Trinajstić information content (AvgIpc) is 3.28. The van der Waals surface area contributed by atoms with Crippen molar-refractivity contribution in [1.29, 1.82) is 0 Å². The highest BCUT2D eigenvalue weighted by Gasteiger charge is 2.24.